The molecular weight excluding hydrogens is 246 g/mol. The molecule has 1 aromatic carbocycles. The first-order chi connectivity index (χ1) is 9.04. The molecule has 1 aromatic heterocycles. The second-order valence-corrected chi connectivity index (χ2v) is 4.27. The van der Waals surface area contributed by atoms with Crippen LogP contribution in [0.1, 0.15) is 23.0 Å². The number of nitrogens with zero attached hydrogens (tertiary/aromatic N) is 1. The highest BCUT2D eigenvalue weighted by atomic mass is 16.4. The Kier molecular flexibility index (Phi) is 3.55. The maximum absolute atomic E-state index is 12.3. The van der Waals surface area contributed by atoms with Crippen LogP contribution in [-0.4, -0.2) is 35.0 Å². The standard InChI is InChI=1S/C14H15NO4/c1-3-15(8-12(16)17)14(18)13-9(2)10-6-4-5-7-11(10)19-13/h4-7H,3,8H2,1-2H3,(H,16,17). The third-order valence-corrected chi connectivity index (χ3v) is 3.03. The van der Waals surface area contributed by atoms with E-state index in [1.54, 1.807) is 19.9 Å². The van der Waals surface area contributed by atoms with Gasteiger partial charge in [0.25, 0.3) is 5.91 Å². The van der Waals surface area contributed by atoms with Crippen LogP contribution in [0, 0.1) is 6.92 Å². The van der Waals surface area contributed by atoms with Crippen molar-refractivity contribution in [2.75, 3.05) is 13.1 Å². The highest BCUT2D eigenvalue weighted by Crippen LogP contribution is 2.25. The van der Waals surface area contributed by atoms with Crippen LogP contribution in [0.2, 0.25) is 0 Å². The zero-order valence-electron chi connectivity index (χ0n) is 10.8. The van der Waals surface area contributed by atoms with Crippen LogP contribution in [0.4, 0.5) is 0 Å². The summed E-state index contributed by atoms with van der Waals surface area (Å²) in [6.07, 6.45) is 0. The predicted molar refractivity (Wildman–Crippen MR) is 70.2 cm³/mol. The van der Waals surface area contributed by atoms with Crippen molar-refractivity contribution in [1.29, 1.82) is 0 Å². The lowest BCUT2D eigenvalue weighted by atomic mass is 10.1. The molecule has 0 saturated heterocycles. The summed E-state index contributed by atoms with van der Waals surface area (Å²) in [5.74, 6) is -1.22. The van der Waals surface area contributed by atoms with E-state index in [0.717, 1.165) is 10.9 Å². The normalized spacial score (nSPS) is 10.6. The number of aliphatic carboxylic acids is 1. The minimum Gasteiger partial charge on any atom is -0.480 e. The maximum Gasteiger partial charge on any atom is 0.323 e. The highest BCUT2D eigenvalue weighted by Gasteiger charge is 2.23. The molecule has 0 saturated carbocycles. The Bertz CT molecular complexity index is 629. The van der Waals surface area contributed by atoms with Gasteiger partial charge in [-0.05, 0) is 19.9 Å². The van der Waals surface area contributed by atoms with Crippen LogP contribution < -0.4 is 0 Å². The Labute approximate surface area is 110 Å². The van der Waals surface area contributed by atoms with E-state index in [4.69, 9.17) is 9.52 Å². The first kappa shape index (κ1) is 13.1. The lowest BCUT2D eigenvalue weighted by Crippen LogP contribution is -2.35. The van der Waals surface area contributed by atoms with Crippen LogP contribution >= 0.6 is 0 Å². The predicted octanol–water partition coefficient (Wildman–Crippen LogP) is 2.29. The SMILES string of the molecule is CCN(CC(=O)O)C(=O)c1oc2ccccc2c1C. The van der Waals surface area contributed by atoms with E-state index >= 15 is 0 Å². The summed E-state index contributed by atoms with van der Waals surface area (Å²) in [6.45, 7) is 3.53. The van der Waals surface area contributed by atoms with Gasteiger partial charge in [-0.2, -0.15) is 0 Å². The van der Waals surface area contributed by atoms with Gasteiger partial charge in [0.15, 0.2) is 5.76 Å². The zero-order chi connectivity index (χ0) is 14.0. The molecule has 0 aliphatic heterocycles. The lowest BCUT2D eigenvalue weighted by Gasteiger charge is -2.17. The van der Waals surface area contributed by atoms with Gasteiger partial charge in [-0.15, -0.1) is 0 Å². The Morgan fingerprint density at radius 1 is 1.32 bits per heavy atom. The minimum absolute atomic E-state index is 0.212. The molecule has 100 valence electrons. The molecule has 1 amide bonds. The van der Waals surface area contributed by atoms with E-state index in [2.05, 4.69) is 0 Å². The van der Waals surface area contributed by atoms with Crippen LogP contribution in [0.3, 0.4) is 0 Å². The number of hydrogen-bond acceptors (Lipinski definition) is 3. The van der Waals surface area contributed by atoms with Gasteiger partial charge in [0, 0.05) is 17.5 Å². The summed E-state index contributed by atoms with van der Waals surface area (Å²) in [4.78, 5) is 24.3. The van der Waals surface area contributed by atoms with E-state index in [0.29, 0.717) is 12.1 Å². The Balaban J connectivity index is 2.40. The summed E-state index contributed by atoms with van der Waals surface area (Å²) in [5.41, 5.74) is 1.37. The van der Waals surface area contributed by atoms with E-state index in [1.807, 2.05) is 18.2 Å². The van der Waals surface area contributed by atoms with Gasteiger partial charge in [-0.1, -0.05) is 18.2 Å². The van der Waals surface area contributed by atoms with Crippen molar-refractivity contribution in [1.82, 2.24) is 4.90 Å². The third-order valence-electron chi connectivity index (χ3n) is 3.03. The van der Waals surface area contributed by atoms with Crippen molar-refractivity contribution in [2.45, 2.75) is 13.8 Å². The largest absolute Gasteiger partial charge is 0.480 e. The molecule has 2 aromatic rings. The molecule has 0 spiro atoms. The smallest absolute Gasteiger partial charge is 0.323 e. The number of furan rings is 1. The number of hydrogen-bond donors (Lipinski definition) is 1. The van der Waals surface area contributed by atoms with E-state index in [-0.39, 0.29) is 12.3 Å². The zero-order valence-corrected chi connectivity index (χ0v) is 10.8. The molecule has 5 nitrogen and oxygen atoms in total. The molecule has 2 rings (SSSR count). The molecule has 0 radical (unpaired) electrons. The van der Waals surface area contributed by atoms with Crippen molar-refractivity contribution in [3.63, 3.8) is 0 Å². The molecule has 0 unspecified atom stereocenters. The van der Waals surface area contributed by atoms with E-state index < -0.39 is 11.9 Å². The number of carbonyl (C=O) groups excluding carboxylic acids is 1. The minimum atomic E-state index is -1.04. The van der Waals surface area contributed by atoms with Crippen molar-refractivity contribution in [2.24, 2.45) is 0 Å². The van der Waals surface area contributed by atoms with Gasteiger partial charge in [0.2, 0.25) is 0 Å². The number of carbonyl (C=O) groups is 2. The average molecular weight is 261 g/mol. The number of rotatable bonds is 4. The second-order valence-electron chi connectivity index (χ2n) is 4.27. The average Bonchev–Trinajstić information content (AvgIpc) is 2.73. The van der Waals surface area contributed by atoms with Gasteiger partial charge in [-0.25, -0.2) is 0 Å². The summed E-state index contributed by atoms with van der Waals surface area (Å²) in [6, 6.07) is 7.35. The molecule has 19 heavy (non-hydrogen) atoms. The van der Waals surface area contributed by atoms with Crippen molar-refractivity contribution in [3.05, 3.63) is 35.6 Å². The summed E-state index contributed by atoms with van der Waals surface area (Å²) < 4.78 is 5.54. The van der Waals surface area contributed by atoms with Crippen LogP contribution in [0.5, 0.6) is 0 Å². The number of amides is 1. The molecule has 0 bridgehead atoms. The molecule has 0 fully saturated rings. The second kappa shape index (κ2) is 5.14. The third kappa shape index (κ3) is 2.45. The molecular formula is C14H15NO4. The monoisotopic (exact) mass is 261 g/mol. The van der Waals surface area contributed by atoms with Crippen molar-refractivity contribution >= 4 is 22.8 Å². The Morgan fingerprint density at radius 2 is 2.00 bits per heavy atom. The highest BCUT2D eigenvalue weighted by molar-refractivity contribution is 5.99. The summed E-state index contributed by atoms with van der Waals surface area (Å²) >= 11 is 0. The number of carboxylic acid groups (broad SMARTS) is 1. The molecule has 0 atom stereocenters. The fourth-order valence-corrected chi connectivity index (χ4v) is 2.01. The number of carboxylic acids is 1. The van der Waals surface area contributed by atoms with E-state index in [9.17, 15) is 9.59 Å². The van der Waals surface area contributed by atoms with Gasteiger partial charge in [0.05, 0.1) is 0 Å². The first-order valence-corrected chi connectivity index (χ1v) is 6.03. The molecule has 1 N–H and O–H groups in total. The van der Waals surface area contributed by atoms with Crippen LogP contribution in [0.15, 0.2) is 28.7 Å². The number of para-hydroxylation sites is 1. The van der Waals surface area contributed by atoms with E-state index in [1.165, 1.54) is 4.90 Å². The van der Waals surface area contributed by atoms with Gasteiger partial charge >= 0.3 is 5.97 Å². The fourth-order valence-electron chi connectivity index (χ4n) is 2.01. The molecule has 0 aliphatic rings. The number of fused-ring (bicyclic) bond motifs is 1. The topological polar surface area (TPSA) is 70.8 Å². The van der Waals surface area contributed by atoms with Gasteiger partial charge in [0.1, 0.15) is 12.1 Å². The summed E-state index contributed by atoms with van der Waals surface area (Å²) in [5, 5.41) is 9.67. The molecule has 5 heteroatoms. The Morgan fingerprint density at radius 3 is 2.58 bits per heavy atom. The fraction of sp³-hybridized carbons (Fsp3) is 0.286. The lowest BCUT2D eigenvalue weighted by molar-refractivity contribution is -0.137. The number of benzene rings is 1. The quantitative estimate of drug-likeness (QED) is 0.916. The Hall–Kier alpha value is -2.30. The molecule has 1 heterocycles. The summed E-state index contributed by atoms with van der Waals surface area (Å²) in [7, 11) is 0. The molecule has 0 aliphatic carbocycles. The number of aryl methyl sites for hydroxylation is 1. The van der Waals surface area contributed by atoms with Crippen molar-refractivity contribution < 1.29 is 19.1 Å². The van der Waals surface area contributed by atoms with Crippen LogP contribution in [0.25, 0.3) is 11.0 Å². The van der Waals surface area contributed by atoms with Gasteiger partial charge < -0.3 is 14.4 Å². The van der Waals surface area contributed by atoms with Crippen LogP contribution in [-0.2, 0) is 4.79 Å². The maximum atomic E-state index is 12.3. The number of likely N-dealkylation sites (N-methyl/N-ethyl adjacent to an activating group) is 1. The first-order valence-electron chi connectivity index (χ1n) is 6.03. The van der Waals surface area contributed by atoms with Crippen molar-refractivity contribution in [3.8, 4) is 0 Å². The van der Waals surface area contributed by atoms with Gasteiger partial charge in [-0.3, -0.25) is 9.59 Å².